The Morgan fingerprint density at radius 3 is 2.40 bits per heavy atom. The Morgan fingerprint density at radius 2 is 1.93 bits per heavy atom. The molecule has 2 saturated heterocycles. The first-order valence-electron chi connectivity index (χ1n) is 5.47. The van der Waals surface area contributed by atoms with Gasteiger partial charge in [0, 0.05) is 32.0 Å². The Morgan fingerprint density at radius 1 is 1.27 bits per heavy atom. The highest BCUT2D eigenvalue weighted by Gasteiger charge is 2.30. The molecule has 0 bridgehead atoms. The molecule has 2 aliphatic rings. The molecule has 0 radical (unpaired) electrons. The number of hydrogen-bond acceptors (Lipinski definition) is 3. The fraction of sp³-hybridized carbons (Fsp3) is 0.636. The SMILES string of the molecule is c1cc(CN(CC2CO2)CC2CO2)c[nH]1. The van der Waals surface area contributed by atoms with Crippen LogP contribution in [0.5, 0.6) is 0 Å². The predicted molar refractivity (Wildman–Crippen MR) is 55.5 cm³/mol. The zero-order valence-electron chi connectivity index (χ0n) is 8.69. The first-order valence-corrected chi connectivity index (χ1v) is 5.47. The molecule has 0 amide bonds. The molecule has 0 saturated carbocycles. The van der Waals surface area contributed by atoms with Crippen molar-refractivity contribution < 1.29 is 9.47 Å². The minimum Gasteiger partial charge on any atom is -0.372 e. The summed E-state index contributed by atoms with van der Waals surface area (Å²) in [6.07, 6.45) is 4.94. The van der Waals surface area contributed by atoms with Crippen molar-refractivity contribution in [3.63, 3.8) is 0 Å². The second-order valence-corrected chi connectivity index (χ2v) is 4.32. The van der Waals surface area contributed by atoms with Crippen LogP contribution >= 0.6 is 0 Å². The van der Waals surface area contributed by atoms with E-state index >= 15 is 0 Å². The van der Waals surface area contributed by atoms with Gasteiger partial charge in [0.1, 0.15) is 0 Å². The number of H-pyrrole nitrogens is 1. The fourth-order valence-electron chi connectivity index (χ4n) is 1.84. The smallest absolute Gasteiger partial charge is 0.0936 e. The molecule has 4 heteroatoms. The van der Waals surface area contributed by atoms with Gasteiger partial charge in [-0.2, -0.15) is 0 Å². The topological polar surface area (TPSA) is 44.1 Å². The largest absolute Gasteiger partial charge is 0.372 e. The fourth-order valence-corrected chi connectivity index (χ4v) is 1.84. The first-order chi connectivity index (χ1) is 7.40. The highest BCUT2D eigenvalue weighted by Crippen LogP contribution is 2.17. The standard InChI is InChI=1S/C11H16N2O2/c1-2-12-3-9(1)4-13(5-10-7-14-10)6-11-8-15-11/h1-3,10-12H,4-8H2. The van der Waals surface area contributed by atoms with E-state index in [1.807, 2.05) is 6.20 Å². The Labute approximate surface area is 89.2 Å². The zero-order chi connectivity index (χ0) is 10.1. The lowest BCUT2D eigenvalue weighted by Gasteiger charge is -2.19. The number of ether oxygens (including phenoxy) is 2. The van der Waals surface area contributed by atoms with Gasteiger partial charge in [0.25, 0.3) is 0 Å². The summed E-state index contributed by atoms with van der Waals surface area (Å²) < 4.78 is 10.5. The van der Waals surface area contributed by atoms with Crippen molar-refractivity contribution in [2.24, 2.45) is 0 Å². The molecule has 4 nitrogen and oxygen atoms in total. The van der Waals surface area contributed by atoms with Crippen molar-refractivity contribution in [3.8, 4) is 0 Å². The minimum absolute atomic E-state index is 0.461. The van der Waals surface area contributed by atoms with Gasteiger partial charge in [0.05, 0.1) is 25.4 Å². The molecular weight excluding hydrogens is 192 g/mol. The van der Waals surface area contributed by atoms with Crippen LogP contribution < -0.4 is 0 Å². The molecule has 2 atom stereocenters. The maximum absolute atomic E-state index is 5.27. The molecule has 2 fully saturated rings. The van der Waals surface area contributed by atoms with Crippen molar-refractivity contribution in [2.45, 2.75) is 18.8 Å². The summed E-state index contributed by atoms with van der Waals surface area (Å²) in [5.74, 6) is 0. The number of epoxide rings is 2. The second kappa shape index (κ2) is 3.96. The Bertz CT molecular complexity index is 290. The highest BCUT2D eigenvalue weighted by atomic mass is 16.6. The lowest BCUT2D eigenvalue weighted by Crippen LogP contribution is -2.31. The highest BCUT2D eigenvalue weighted by molar-refractivity contribution is 5.08. The van der Waals surface area contributed by atoms with Gasteiger partial charge in [-0.1, -0.05) is 0 Å². The van der Waals surface area contributed by atoms with Crippen molar-refractivity contribution in [2.75, 3.05) is 26.3 Å². The first kappa shape index (κ1) is 9.39. The van der Waals surface area contributed by atoms with Gasteiger partial charge < -0.3 is 14.5 Å². The Balaban J connectivity index is 1.55. The van der Waals surface area contributed by atoms with Crippen molar-refractivity contribution in [1.29, 1.82) is 0 Å². The molecule has 82 valence electrons. The predicted octanol–water partition coefficient (Wildman–Crippen LogP) is 0.614. The molecular formula is C11H16N2O2. The number of nitrogens with one attached hydrogen (secondary N) is 1. The van der Waals surface area contributed by atoms with E-state index < -0.39 is 0 Å². The molecule has 1 aromatic heterocycles. The van der Waals surface area contributed by atoms with Crippen molar-refractivity contribution >= 4 is 0 Å². The normalized spacial score (nSPS) is 28.3. The van der Waals surface area contributed by atoms with Gasteiger partial charge in [-0.3, -0.25) is 4.90 Å². The Kier molecular flexibility index (Phi) is 2.48. The molecule has 15 heavy (non-hydrogen) atoms. The van der Waals surface area contributed by atoms with Crippen LogP contribution in [0.2, 0.25) is 0 Å². The van der Waals surface area contributed by atoms with Crippen LogP contribution in [0.4, 0.5) is 0 Å². The molecule has 2 unspecified atom stereocenters. The minimum atomic E-state index is 0.461. The monoisotopic (exact) mass is 208 g/mol. The van der Waals surface area contributed by atoms with Gasteiger partial charge in [0.15, 0.2) is 0 Å². The summed E-state index contributed by atoms with van der Waals surface area (Å²) in [4.78, 5) is 5.50. The number of rotatable bonds is 6. The van der Waals surface area contributed by atoms with Crippen molar-refractivity contribution in [3.05, 3.63) is 24.0 Å². The van der Waals surface area contributed by atoms with E-state index in [0.29, 0.717) is 12.2 Å². The van der Waals surface area contributed by atoms with Gasteiger partial charge in [-0.25, -0.2) is 0 Å². The lowest BCUT2D eigenvalue weighted by atomic mass is 10.2. The average molecular weight is 208 g/mol. The van der Waals surface area contributed by atoms with E-state index in [-0.39, 0.29) is 0 Å². The molecule has 3 heterocycles. The van der Waals surface area contributed by atoms with Crippen LogP contribution in [0.25, 0.3) is 0 Å². The van der Waals surface area contributed by atoms with Gasteiger partial charge in [0.2, 0.25) is 0 Å². The summed E-state index contributed by atoms with van der Waals surface area (Å²) in [7, 11) is 0. The summed E-state index contributed by atoms with van der Waals surface area (Å²) in [5, 5.41) is 0. The molecule has 0 spiro atoms. The van der Waals surface area contributed by atoms with E-state index in [1.54, 1.807) is 0 Å². The average Bonchev–Trinajstić information content (AvgIpc) is 3.12. The third-order valence-electron chi connectivity index (χ3n) is 2.80. The van der Waals surface area contributed by atoms with Crippen LogP contribution in [0.1, 0.15) is 5.56 Å². The number of hydrogen-bond donors (Lipinski definition) is 1. The van der Waals surface area contributed by atoms with Gasteiger partial charge in [-0.05, 0) is 11.6 Å². The number of aromatic nitrogens is 1. The van der Waals surface area contributed by atoms with E-state index in [2.05, 4.69) is 22.1 Å². The maximum Gasteiger partial charge on any atom is 0.0936 e. The van der Waals surface area contributed by atoms with Gasteiger partial charge >= 0.3 is 0 Å². The molecule has 0 aliphatic carbocycles. The molecule has 3 rings (SSSR count). The van der Waals surface area contributed by atoms with E-state index in [9.17, 15) is 0 Å². The van der Waals surface area contributed by atoms with E-state index in [0.717, 1.165) is 32.8 Å². The second-order valence-electron chi connectivity index (χ2n) is 4.32. The quantitative estimate of drug-likeness (QED) is 0.697. The maximum atomic E-state index is 5.27. The van der Waals surface area contributed by atoms with Crippen LogP contribution in [-0.4, -0.2) is 48.4 Å². The van der Waals surface area contributed by atoms with Crippen molar-refractivity contribution in [1.82, 2.24) is 9.88 Å². The van der Waals surface area contributed by atoms with Crippen LogP contribution in [0.15, 0.2) is 18.5 Å². The zero-order valence-corrected chi connectivity index (χ0v) is 8.69. The Hall–Kier alpha value is -0.840. The number of nitrogens with zero attached hydrogens (tertiary/aromatic N) is 1. The van der Waals surface area contributed by atoms with Gasteiger partial charge in [-0.15, -0.1) is 0 Å². The summed E-state index contributed by atoms with van der Waals surface area (Å²) in [5.41, 5.74) is 1.33. The summed E-state index contributed by atoms with van der Waals surface area (Å²) in [6.45, 7) is 4.91. The van der Waals surface area contributed by atoms with Crippen LogP contribution in [0.3, 0.4) is 0 Å². The molecule has 2 aliphatic heterocycles. The van der Waals surface area contributed by atoms with Crippen LogP contribution in [-0.2, 0) is 16.0 Å². The van der Waals surface area contributed by atoms with E-state index in [1.165, 1.54) is 5.56 Å². The number of aromatic amines is 1. The third kappa shape index (κ3) is 2.81. The summed E-state index contributed by atoms with van der Waals surface area (Å²) >= 11 is 0. The molecule has 1 aromatic rings. The molecule has 1 N–H and O–H groups in total. The lowest BCUT2D eigenvalue weighted by molar-refractivity contribution is 0.213. The third-order valence-corrected chi connectivity index (χ3v) is 2.80. The van der Waals surface area contributed by atoms with E-state index in [4.69, 9.17) is 9.47 Å². The summed E-state index contributed by atoms with van der Waals surface area (Å²) in [6, 6.07) is 2.12. The molecule has 0 aromatic carbocycles. The van der Waals surface area contributed by atoms with Crippen LogP contribution in [0, 0.1) is 0 Å².